The maximum Gasteiger partial charge on any atom is 0.410 e. The molecule has 178 valence electrons. The fraction of sp³-hybridized carbons (Fsp3) is 0.692. The van der Waals surface area contributed by atoms with E-state index < -0.39 is 17.0 Å². The van der Waals surface area contributed by atoms with Crippen molar-refractivity contribution in [2.24, 2.45) is 17.8 Å². The van der Waals surface area contributed by atoms with Crippen molar-refractivity contribution in [3.8, 4) is 0 Å². The number of fused-ring (bicyclic) bond motifs is 2. The number of rotatable bonds is 3. The molecule has 5 fully saturated rings. The van der Waals surface area contributed by atoms with Crippen molar-refractivity contribution in [3.05, 3.63) is 35.1 Å². The zero-order valence-corrected chi connectivity index (χ0v) is 18.8. The predicted octanol–water partition coefficient (Wildman–Crippen LogP) is 4.20. The van der Waals surface area contributed by atoms with E-state index >= 15 is 0 Å². The van der Waals surface area contributed by atoms with E-state index in [1.165, 1.54) is 6.07 Å². The maximum absolute atomic E-state index is 14.9. The Labute approximate surface area is 193 Å². The van der Waals surface area contributed by atoms with Crippen LogP contribution in [0.4, 0.5) is 9.18 Å². The van der Waals surface area contributed by atoms with Crippen molar-refractivity contribution in [1.29, 1.82) is 0 Å². The fourth-order valence-electron chi connectivity index (χ4n) is 8.41. The van der Waals surface area contributed by atoms with E-state index in [2.05, 4.69) is 0 Å². The zero-order chi connectivity index (χ0) is 23.0. The summed E-state index contributed by atoms with van der Waals surface area (Å²) in [5.41, 5.74) is 0.519. The molecule has 4 bridgehead atoms. The molecule has 1 aliphatic heterocycles. The maximum atomic E-state index is 14.9. The number of carbonyl (C=O) groups excluding carboxylic acids is 1. The molecule has 1 aromatic rings. The number of aliphatic carboxylic acids is 1. The lowest BCUT2D eigenvalue weighted by Crippen LogP contribution is -2.58. The molecule has 0 radical (unpaired) electrons. The second-order valence-corrected chi connectivity index (χ2v) is 11.5. The number of ether oxygens (including phenoxy) is 1. The molecule has 7 heteroatoms. The smallest absolute Gasteiger partial charge is 0.410 e. The highest BCUT2D eigenvalue weighted by Crippen LogP contribution is 2.57. The number of likely N-dealkylation sites (tertiary alicyclic amines) is 1. The molecule has 1 aromatic carbocycles. The van der Waals surface area contributed by atoms with Crippen molar-refractivity contribution in [2.75, 3.05) is 13.1 Å². The molecule has 1 heterocycles. The number of aliphatic hydroxyl groups is 1. The molecule has 4 saturated carbocycles. The summed E-state index contributed by atoms with van der Waals surface area (Å²) in [7, 11) is 0. The van der Waals surface area contributed by atoms with Gasteiger partial charge in [-0.3, -0.25) is 4.79 Å². The molecular weight excluding hydrogens is 425 g/mol. The number of hydrogen-bond acceptors (Lipinski definition) is 4. The van der Waals surface area contributed by atoms with Gasteiger partial charge in [0, 0.05) is 18.5 Å². The Morgan fingerprint density at radius 3 is 2.42 bits per heavy atom. The van der Waals surface area contributed by atoms with Crippen LogP contribution in [0.15, 0.2) is 18.2 Å². The highest BCUT2D eigenvalue weighted by Gasteiger charge is 2.56. The van der Waals surface area contributed by atoms with Gasteiger partial charge in [0.25, 0.3) is 0 Å². The van der Waals surface area contributed by atoms with Crippen molar-refractivity contribution >= 4 is 12.1 Å². The Hall–Kier alpha value is -2.15. The minimum Gasteiger partial charge on any atom is -0.481 e. The number of hydrogen-bond donors (Lipinski definition) is 2. The van der Waals surface area contributed by atoms with E-state index in [0.717, 1.165) is 37.7 Å². The monoisotopic (exact) mass is 457 g/mol. The third kappa shape index (κ3) is 3.46. The molecule has 2 N–H and O–H groups in total. The first-order chi connectivity index (χ1) is 15.8. The Kier molecular flexibility index (Phi) is 4.81. The average molecular weight is 458 g/mol. The predicted molar refractivity (Wildman–Crippen MR) is 117 cm³/mol. The summed E-state index contributed by atoms with van der Waals surface area (Å²) in [6, 6.07) is 4.99. The molecule has 3 atom stereocenters. The lowest BCUT2D eigenvalue weighted by atomic mass is 9.53. The normalized spacial score (nSPS) is 37.9. The van der Waals surface area contributed by atoms with Crippen molar-refractivity contribution in [1.82, 2.24) is 4.90 Å². The number of benzene rings is 1. The number of carboxylic acid groups (broad SMARTS) is 1. The quantitative estimate of drug-likeness (QED) is 0.711. The number of nitrogens with zero attached hydrogens (tertiary/aromatic N) is 1. The minimum atomic E-state index is -0.867. The molecule has 6 nitrogen and oxygen atoms in total. The van der Waals surface area contributed by atoms with Gasteiger partial charge in [-0.1, -0.05) is 12.1 Å². The van der Waals surface area contributed by atoms with Crippen LogP contribution in [0.3, 0.4) is 0 Å². The van der Waals surface area contributed by atoms with Gasteiger partial charge in [0.05, 0.1) is 12.0 Å². The topological polar surface area (TPSA) is 87.1 Å². The third-order valence-electron chi connectivity index (χ3n) is 9.44. The van der Waals surface area contributed by atoms with Crippen LogP contribution in [0.1, 0.15) is 74.8 Å². The largest absolute Gasteiger partial charge is 0.481 e. The Morgan fingerprint density at radius 2 is 1.79 bits per heavy atom. The SMILES string of the molecule is O=C(O)CC1CC2(CCN(C(=O)OC3C4CC5CC3CC(O)(C5)C4)CC2)c2c(F)cccc21. The Bertz CT molecular complexity index is 971. The number of carbonyl (C=O) groups is 2. The first-order valence-corrected chi connectivity index (χ1v) is 12.4. The Balaban J connectivity index is 1.14. The highest BCUT2D eigenvalue weighted by molar-refractivity contribution is 5.69. The summed E-state index contributed by atoms with van der Waals surface area (Å²) in [5, 5.41) is 20.1. The number of piperidine rings is 1. The molecule has 3 unspecified atom stereocenters. The molecule has 33 heavy (non-hydrogen) atoms. The van der Waals surface area contributed by atoms with E-state index in [1.54, 1.807) is 11.0 Å². The van der Waals surface area contributed by atoms with Gasteiger partial charge in [-0.2, -0.15) is 0 Å². The van der Waals surface area contributed by atoms with E-state index in [9.17, 15) is 24.2 Å². The Morgan fingerprint density at radius 1 is 1.09 bits per heavy atom. The van der Waals surface area contributed by atoms with Crippen LogP contribution in [0.25, 0.3) is 0 Å². The minimum absolute atomic E-state index is 0.00174. The summed E-state index contributed by atoms with van der Waals surface area (Å²) in [6.07, 6.45) is 5.92. The van der Waals surface area contributed by atoms with Gasteiger partial charge in [-0.25, -0.2) is 9.18 Å². The van der Waals surface area contributed by atoms with Gasteiger partial charge >= 0.3 is 12.1 Å². The van der Waals surface area contributed by atoms with Crippen molar-refractivity contribution in [2.45, 2.75) is 80.8 Å². The first-order valence-electron chi connectivity index (χ1n) is 12.4. The molecule has 0 aromatic heterocycles. The number of halogens is 1. The van der Waals surface area contributed by atoms with Crippen molar-refractivity contribution in [3.63, 3.8) is 0 Å². The molecule has 1 saturated heterocycles. The van der Waals surface area contributed by atoms with E-state index in [-0.39, 0.29) is 42.2 Å². The van der Waals surface area contributed by atoms with Crippen LogP contribution >= 0.6 is 0 Å². The fourth-order valence-corrected chi connectivity index (χ4v) is 8.41. The summed E-state index contributed by atoms with van der Waals surface area (Å²) in [4.78, 5) is 26.2. The van der Waals surface area contributed by atoms with Gasteiger partial charge in [-0.05, 0) is 92.2 Å². The first kappa shape index (κ1) is 21.4. The van der Waals surface area contributed by atoms with Crippen LogP contribution in [0, 0.1) is 23.6 Å². The van der Waals surface area contributed by atoms with Crippen LogP contribution in [-0.4, -0.2) is 52.0 Å². The van der Waals surface area contributed by atoms with E-state index in [4.69, 9.17) is 4.74 Å². The lowest BCUT2D eigenvalue weighted by molar-refractivity contribution is -0.178. The van der Waals surface area contributed by atoms with Crippen LogP contribution in [0.5, 0.6) is 0 Å². The summed E-state index contributed by atoms with van der Waals surface area (Å²) >= 11 is 0. The van der Waals surface area contributed by atoms with Gasteiger partial charge in [0.2, 0.25) is 0 Å². The average Bonchev–Trinajstić information content (AvgIpc) is 3.03. The van der Waals surface area contributed by atoms with Crippen LogP contribution in [-0.2, 0) is 14.9 Å². The molecule has 5 aliphatic carbocycles. The molecule has 1 spiro atoms. The van der Waals surface area contributed by atoms with Gasteiger partial charge in [-0.15, -0.1) is 0 Å². The van der Waals surface area contributed by atoms with Gasteiger partial charge in [0.15, 0.2) is 0 Å². The van der Waals surface area contributed by atoms with E-state index in [1.807, 2.05) is 6.07 Å². The van der Waals surface area contributed by atoms with Gasteiger partial charge in [0.1, 0.15) is 11.9 Å². The number of carboxylic acids is 1. The molecule has 1 amide bonds. The highest BCUT2D eigenvalue weighted by atomic mass is 19.1. The molecular formula is C26H32FNO5. The third-order valence-corrected chi connectivity index (χ3v) is 9.44. The lowest BCUT2D eigenvalue weighted by Gasteiger charge is -2.57. The van der Waals surface area contributed by atoms with Crippen molar-refractivity contribution < 1.29 is 28.9 Å². The molecule has 6 aliphatic rings. The summed E-state index contributed by atoms with van der Waals surface area (Å²) in [5.74, 6) is -0.238. The van der Waals surface area contributed by atoms with Crippen LogP contribution < -0.4 is 0 Å². The standard InChI is InChI=1S/C26H32FNO5/c27-20-3-1-2-19-16(10-21(29)30)12-25(22(19)20)4-6-28(7-5-25)24(31)33-23-17-8-15-9-18(23)14-26(32,11-15)13-17/h1-3,15-18,23,32H,4-14H2,(H,29,30). The second-order valence-electron chi connectivity index (χ2n) is 11.5. The number of amides is 1. The van der Waals surface area contributed by atoms with Crippen LogP contribution in [0.2, 0.25) is 0 Å². The van der Waals surface area contributed by atoms with E-state index in [0.29, 0.717) is 43.8 Å². The zero-order valence-electron chi connectivity index (χ0n) is 18.8. The summed E-state index contributed by atoms with van der Waals surface area (Å²) < 4.78 is 21.0. The summed E-state index contributed by atoms with van der Waals surface area (Å²) in [6.45, 7) is 0.974. The second kappa shape index (κ2) is 7.42. The van der Waals surface area contributed by atoms with Gasteiger partial charge < -0.3 is 19.8 Å². The molecule has 7 rings (SSSR count).